The van der Waals surface area contributed by atoms with Gasteiger partial charge in [-0.15, -0.1) is 0 Å². The first-order valence-corrected chi connectivity index (χ1v) is 5.49. The molecule has 7 nitrogen and oxygen atoms in total. The molecule has 17 heavy (non-hydrogen) atoms. The lowest BCUT2D eigenvalue weighted by Gasteiger charge is -2.24. The maximum atomic E-state index is 12.0. The summed E-state index contributed by atoms with van der Waals surface area (Å²) in [6, 6.07) is -1.63. The third-order valence-electron chi connectivity index (χ3n) is 3.14. The molecule has 2 rings (SSSR count). The van der Waals surface area contributed by atoms with Gasteiger partial charge in [-0.1, -0.05) is 0 Å². The molecule has 0 aromatic heterocycles. The number of carbonyl (C=O) groups is 3. The van der Waals surface area contributed by atoms with E-state index in [1.54, 1.807) is 0 Å². The summed E-state index contributed by atoms with van der Waals surface area (Å²) in [5.74, 6) is -1.74. The molecule has 0 spiro atoms. The van der Waals surface area contributed by atoms with Crippen molar-refractivity contribution in [2.75, 3.05) is 6.54 Å². The van der Waals surface area contributed by atoms with Crippen molar-refractivity contribution in [3.8, 4) is 0 Å². The topological polar surface area (TPSA) is 107 Å². The smallest absolute Gasteiger partial charge is 0.326 e. The van der Waals surface area contributed by atoms with E-state index in [1.165, 1.54) is 0 Å². The minimum Gasteiger partial charge on any atom is -0.480 e. The molecule has 3 N–H and O–H groups in total. The number of amides is 2. The number of aliphatic hydroxyl groups excluding tert-OH is 1. The number of hydrogen-bond acceptors (Lipinski definition) is 4. The average molecular weight is 242 g/mol. The fourth-order valence-corrected chi connectivity index (χ4v) is 2.29. The molecule has 2 aliphatic rings. The molecule has 0 aromatic rings. The number of carboxylic acids is 1. The molecule has 2 aliphatic heterocycles. The number of nitrogens with zero attached hydrogens (tertiary/aromatic N) is 1. The zero-order valence-corrected chi connectivity index (χ0v) is 9.13. The largest absolute Gasteiger partial charge is 0.480 e. The first-order chi connectivity index (χ1) is 7.99. The van der Waals surface area contributed by atoms with Crippen LogP contribution >= 0.6 is 0 Å². The quantitative estimate of drug-likeness (QED) is 0.535. The van der Waals surface area contributed by atoms with Crippen LogP contribution in [0.2, 0.25) is 0 Å². The summed E-state index contributed by atoms with van der Waals surface area (Å²) in [4.78, 5) is 35.1. The van der Waals surface area contributed by atoms with Gasteiger partial charge in [-0.3, -0.25) is 9.59 Å². The first-order valence-electron chi connectivity index (χ1n) is 5.49. The van der Waals surface area contributed by atoms with Crippen LogP contribution in [0.25, 0.3) is 0 Å². The van der Waals surface area contributed by atoms with Crippen molar-refractivity contribution in [2.45, 2.75) is 37.5 Å². The minimum atomic E-state index is -1.13. The number of hydrogen-bond donors (Lipinski definition) is 3. The second kappa shape index (κ2) is 4.33. The Morgan fingerprint density at radius 2 is 2.12 bits per heavy atom. The predicted molar refractivity (Wildman–Crippen MR) is 54.9 cm³/mol. The van der Waals surface area contributed by atoms with Gasteiger partial charge in [-0.25, -0.2) is 4.79 Å². The first kappa shape index (κ1) is 11.8. The summed E-state index contributed by atoms with van der Waals surface area (Å²) in [5, 5.41) is 20.9. The predicted octanol–water partition coefficient (Wildman–Crippen LogP) is -1.69. The van der Waals surface area contributed by atoms with Gasteiger partial charge in [0.15, 0.2) is 0 Å². The van der Waals surface area contributed by atoms with Crippen molar-refractivity contribution in [3.63, 3.8) is 0 Å². The molecule has 2 fully saturated rings. The maximum Gasteiger partial charge on any atom is 0.326 e. The van der Waals surface area contributed by atoms with Gasteiger partial charge in [0, 0.05) is 19.4 Å². The number of nitrogens with one attached hydrogen (secondary N) is 1. The van der Waals surface area contributed by atoms with Crippen LogP contribution in [0.15, 0.2) is 0 Å². The number of carboxylic acid groups (broad SMARTS) is 1. The van der Waals surface area contributed by atoms with Crippen LogP contribution in [-0.2, 0) is 14.4 Å². The van der Waals surface area contributed by atoms with Crippen LogP contribution in [-0.4, -0.2) is 57.6 Å². The Morgan fingerprint density at radius 1 is 1.41 bits per heavy atom. The third kappa shape index (κ3) is 2.23. The summed E-state index contributed by atoms with van der Waals surface area (Å²) in [5.41, 5.74) is 0. The zero-order chi connectivity index (χ0) is 12.6. The molecular formula is C10H14N2O5. The van der Waals surface area contributed by atoms with E-state index in [0.29, 0.717) is 6.42 Å². The van der Waals surface area contributed by atoms with Gasteiger partial charge in [-0.05, 0) is 6.42 Å². The van der Waals surface area contributed by atoms with E-state index in [0.717, 1.165) is 4.90 Å². The van der Waals surface area contributed by atoms with Crippen LogP contribution in [0.5, 0.6) is 0 Å². The third-order valence-corrected chi connectivity index (χ3v) is 3.14. The van der Waals surface area contributed by atoms with E-state index in [1.807, 2.05) is 0 Å². The monoisotopic (exact) mass is 242 g/mol. The van der Waals surface area contributed by atoms with Gasteiger partial charge in [0.25, 0.3) is 0 Å². The zero-order valence-electron chi connectivity index (χ0n) is 9.13. The Balaban J connectivity index is 2.07. The number of β-amino-alcohol motifs (C(OH)–C–C–N with tert-alkyl or cyclic N) is 1. The SMILES string of the molecule is O=C1CC[C@H](C(=O)N2CC(O)C[C@H]2C(=O)O)N1. The Kier molecular flexibility index (Phi) is 3.01. The Labute approximate surface area is 97.4 Å². The maximum absolute atomic E-state index is 12.0. The molecule has 0 aliphatic carbocycles. The highest BCUT2D eigenvalue weighted by atomic mass is 16.4. The van der Waals surface area contributed by atoms with Crippen molar-refractivity contribution in [2.24, 2.45) is 0 Å². The van der Waals surface area contributed by atoms with E-state index in [9.17, 15) is 19.5 Å². The molecule has 7 heteroatoms. The molecule has 3 atom stereocenters. The van der Waals surface area contributed by atoms with Gasteiger partial charge in [0.1, 0.15) is 12.1 Å². The fourth-order valence-electron chi connectivity index (χ4n) is 2.29. The van der Waals surface area contributed by atoms with Gasteiger partial charge >= 0.3 is 5.97 Å². The summed E-state index contributed by atoms with van der Waals surface area (Å²) in [7, 11) is 0. The van der Waals surface area contributed by atoms with Crippen LogP contribution in [0, 0.1) is 0 Å². The lowest BCUT2D eigenvalue weighted by atomic mass is 10.1. The Bertz CT molecular complexity index is 370. The summed E-state index contributed by atoms with van der Waals surface area (Å²) in [6.45, 7) is 0.0160. The summed E-state index contributed by atoms with van der Waals surface area (Å²) >= 11 is 0. The molecule has 0 radical (unpaired) electrons. The van der Waals surface area contributed by atoms with E-state index in [2.05, 4.69) is 5.32 Å². The number of rotatable bonds is 2. The van der Waals surface area contributed by atoms with Crippen molar-refractivity contribution in [3.05, 3.63) is 0 Å². The van der Waals surface area contributed by atoms with Crippen molar-refractivity contribution in [1.82, 2.24) is 10.2 Å². The Hall–Kier alpha value is -1.63. The second-order valence-electron chi connectivity index (χ2n) is 4.39. The molecule has 2 amide bonds. The van der Waals surface area contributed by atoms with Crippen LogP contribution in [0.1, 0.15) is 19.3 Å². The van der Waals surface area contributed by atoms with Gasteiger partial charge in [0.05, 0.1) is 6.10 Å². The molecule has 0 saturated carbocycles. The van der Waals surface area contributed by atoms with Gasteiger partial charge in [-0.2, -0.15) is 0 Å². The number of likely N-dealkylation sites (tertiary alicyclic amines) is 1. The Morgan fingerprint density at radius 3 is 2.65 bits per heavy atom. The average Bonchev–Trinajstić information content (AvgIpc) is 2.83. The summed E-state index contributed by atoms with van der Waals surface area (Å²) < 4.78 is 0. The second-order valence-corrected chi connectivity index (χ2v) is 4.39. The molecule has 2 heterocycles. The van der Waals surface area contributed by atoms with Crippen LogP contribution in [0.3, 0.4) is 0 Å². The molecule has 94 valence electrons. The van der Waals surface area contributed by atoms with Crippen molar-refractivity contribution in [1.29, 1.82) is 0 Å². The minimum absolute atomic E-state index is 0.0160. The van der Waals surface area contributed by atoms with E-state index >= 15 is 0 Å². The van der Waals surface area contributed by atoms with Crippen molar-refractivity contribution >= 4 is 17.8 Å². The van der Waals surface area contributed by atoms with E-state index < -0.39 is 30.1 Å². The molecular weight excluding hydrogens is 228 g/mol. The number of aliphatic hydroxyl groups is 1. The van der Waals surface area contributed by atoms with E-state index in [-0.39, 0.29) is 25.3 Å². The number of aliphatic carboxylic acids is 1. The van der Waals surface area contributed by atoms with Crippen molar-refractivity contribution < 1.29 is 24.6 Å². The fraction of sp³-hybridized carbons (Fsp3) is 0.700. The lowest BCUT2D eigenvalue weighted by molar-refractivity contribution is -0.149. The summed E-state index contributed by atoms with van der Waals surface area (Å²) in [6.07, 6.45) is -0.0970. The highest BCUT2D eigenvalue weighted by Crippen LogP contribution is 2.21. The molecule has 2 saturated heterocycles. The van der Waals surface area contributed by atoms with E-state index in [4.69, 9.17) is 5.11 Å². The number of carbonyl (C=O) groups excluding carboxylic acids is 2. The molecule has 0 bridgehead atoms. The van der Waals surface area contributed by atoms with Gasteiger partial charge < -0.3 is 20.4 Å². The van der Waals surface area contributed by atoms with Crippen LogP contribution < -0.4 is 5.32 Å². The molecule has 0 aromatic carbocycles. The molecule has 1 unspecified atom stereocenters. The standard InChI is InChI=1S/C10H14N2O5/c13-5-3-7(10(16)17)12(4-5)9(15)6-1-2-8(14)11-6/h5-7,13H,1-4H2,(H,11,14)(H,16,17)/t5?,6-,7+/m1/s1. The normalized spacial score (nSPS) is 32.6. The highest BCUT2D eigenvalue weighted by molar-refractivity contribution is 5.93. The van der Waals surface area contributed by atoms with Gasteiger partial charge in [0.2, 0.25) is 11.8 Å². The highest BCUT2D eigenvalue weighted by Gasteiger charge is 2.42. The van der Waals surface area contributed by atoms with Crippen LogP contribution in [0.4, 0.5) is 0 Å². The lowest BCUT2D eigenvalue weighted by Crippen LogP contribution is -2.49.